The number of Topliss-reactive ketones (excluding diaryl/α,β-unsaturated/α-hetero) is 2. The smallest absolute Gasteiger partial charge is 0.218 e. The zero-order valence-electron chi connectivity index (χ0n) is 17.1. The number of carbonyl (C=O) groups excluding carboxylic acids is 2. The van der Waals surface area contributed by atoms with Gasteiger partial charge >= 0.3 is 0 Å². The molecule has 0 bridgehead atoms. The van der Waals surface area contributed by atoms with Crippen molar-refractivity contribution in [1.82, 2.24) is 0 Å². The number of carbonyl (C=O) groups is 2. The highest BCUT2D eigenvalue weighted by Gasteiger charge is 2.61. The van der Waals surface area contributed by atoms with Gasteiger partial charge in [-0.05, 0) is 28.5 Å². The van der Waals surface area contributed by atoms with Gasteiger partial charge in [0.2, 0.25) is 5.79 Å². The first-order valence-electron chi connectivity index (χ1n) is 9.98. The molecule has 1 aromatic carbocycles. The van der Waals surface area contributed by atoms with Crippen LogP contribution in [0, 0.1) is 16.7 Å². The first-order chi connectivity index (χ1) is 13.3. The Kier molecular flexibility index (Phi) is 4.73. The van der Waals surface area contributed by atoms with E-state index in [1.54, 1.807) is 18.2 Å². The molecule has 156 valence electrons. The maximum atomic E-state index is 13.3. The van der Waals surface area contributed by atoms with Crippen LogP contribution in [0.1, 0.15) is 64.9 Å². The number of benzene rings is 1. The summed E-state index contributed by atoms with van der Waals surface area (Å²) in [6.45, 7) is 7.89. The van der Waals surface area contributed by atoms with Gasteiger partial charge < -0.3 is 9.84 Å². The Labute approximate surface area is 181 Å². The molecule has 1 heterocycles. The van der Waals surface area contributed by atoms with E-state index in [1.165, 1.54) is 0 Å². The summed E-state index contributed by atoms with van der Waals surface area (Å²) < 4.78 is 6.13. The molecule has 1 N–H and O–H groups in total. The standard InChI is InChI=1S/C23H26Cl2O4/c1-21(2)8-14(26)18-16(10-21)29-23(28)11-22(3,4)9-15(27)20(23)19(18)17-12(24)6-5-7-13(17)25/h5-7,19-20,28H,8-11H2,1-4H3/t19-,20+,23+/m1/s1. The van der Waals surface area contributed by atoms with Crippen LogP contribution in [0.15, 0.2) is 29.5 Å². The fourth-order valence-corrected chi connectivity index (χ4v) is 6.08. The molecule has 1 fully saturated rings. The Hall–Kier alpha value is -1.36. The van der Waals surface area contributed by atoms with Crippen LogP contribution in [0.25, 0.3) is 0 Å². The Bertz CT molecular complexity index is 926. The average Bonchev–Trinajstić information content (AvgIpc) is 2.49. The first-order valence-corrected chi connectivity index (χ1v) is 10.7. The van der Waals surface area contributed by atoms with Crippen LogP contribution < -0.4 is 0 Å². The number of aliphatic hydroxyl groups is 1. The van der Waals surface area contributed by atoms with Gasteiger partial charge in [0, 0.05) is 47.2 Å². The van der Waals surface area contributed by atoms with Crippen LogP contribution in [-0.2, 0) is 14.3 Å². The molecule has 0 amide bonds. The number of hydrogen-bond donors (Lipinski definition) is 1. The lowest BCUT2D eigenvalue weighted by Gasteiger charge is -2.53. The molecule has 3 aliphatic rings. The zero-order chi connectivity index (χ0) is 21.4. The maximum absolute atomic E-state index is 13.3. The Morgan fingerprint density at radius 2 is 1.62 bits per heavy atom. The van der Waals surface area contributed by atoms with E-state index in [1.807, 2.05) is 27.7 Å². The summed E-state index contributed by atoms with van der Waals surface area (Å²) in [5.74, 6) is -3.06. The number of allylic oxidation sites excluding steroid dienone is 2. The minimum Gasteiger partial charge on any atom is -0.466 e. The molecule has 4 rings (SSSR count). The molecule has 0 radical (unpaired) electrons. The van der Waals surface area contributed by atoms with Crippen molar-refractivity contribution in [2.75, 3.05) is 0 Å². The van der Waals surface area contributed by atoms with Crippen molar-refractivity contribution in [1.29, 1.82) is 0 Å². The highest BCUT2D eigenvalue weighted by molar-refractivity contribution is 6.36. The third-order valence-corrected chi connectivity index (χ3v) is 7.01. The van der Waals surface area contributed by atoms with E-state index in [0.29, 0.717) is 52.6 Å². The molecule has 0 spiro atoms. The average molecular weight is 437 g/mol. The summed E-state index contributed by atoms with van der Waals surface area (Å²) >= 11 is 13.1. The topological polar surface area (TPSA) is 63.6 Å². The Morgan fingerprint density at radius 1 is 1.00 bits per heavy atom. The molecule has 0 unspecified atom stereocenters. The molecule has 1 saturated carbocycles. The van der Waals surface area contributed by atoms with Crippen LogP contribution in [0.3, 0.4) is 0 Å². The van der Waals surface area contributed by atoms with Crippen molar-refractivity contribution in [3.05, 3.63) is 45.1 Å². The van der Waals surface area contributed by atoms with E-state index >= 15 is 0 Å². The molecule has 4 nitrogen and oxygen atoms in total. The molecule has 6 heteroatoms. The monoisotopic (exact) mass is 436 g/mol. The van der Waals surface area contributed by atoms with Gasteiger partial charge in [0.1, 0.15) is 11.5 Å². The van der Waals surface area contributed by atoms with Gasteiger partial charge in [0.25, 0.3) is 0 Å². The Morgan fingerprint density at radius 3 is 2.24 bits per heavy atom. The van der Waals surface area contributed by atoms with E-state index in [-0.39, 0.29) is 17.0 Å². The maximum Gasteiger partial charge on any atom is 0.218 e. The van der Waals surface area contributed by atoms with Gasteiger partial charge in [-0.2, -0.15) is 0 Å². The minimum absolute atomic E-state index is 0.0723. The van der Waals surface area contributed by atoms with E-state index in [2.05, 4.69) is 0 Å². The van der Waals surface area contributed by atoms with Crippen LogP contribution in [0.2, 0.25) is 10.0 Å². The van der Waals surface area contributed by atoms with Gasteiger partial charge in [-0.25, -0.2) is 0 Å². The van der Waals surface area contributed by atoms with Gasteiger partial charge in [-0.1, -0.05) is 57.0 Å². The summed E-state index contributed by atoms with van der Waals surface area (Å²) in [6.07, 6.45) is 1.44. The van der Waals surface area contributed by atoms with Crippen LogP contribution >= 0.6 is 23.2 Å². The van der Waals surface area contributed by atoms with E-state index in [9.17, 15) is 14.7 Å². The van der Waals surface area contributed by atoms with Gasteiger partial charge in [0.15, 0.2) is 5.78 Å². The van der Waals surface area contributed by atoms with Crippen LogP contribution in [-0.4, -0.2) is 22.5 Å². The molecule has 2 aliphatic carbocycles. The van der Waals surface area contributed by atoms with E-state index < -0.39 is 23.0 Å². The van der Waals surface area contributed by atoms with Crippen molar-refractivity contribution < 1.29 is 19.4 Å². The van der Waals surface area contributed by atoms with Crippen LogP contribution in [0.5, 0.6) is 0 Å². The predicted octanol–water partition coefficient (Wildman–Crippen LogP) is 5.44. The molecular formula is C23H26Cl2O4. The first kappa shape index (κ1) is 20.9. The lowest BCUT2D eigenvalue weighted by molar-refractivity contribution is -0.253. The second kappa shape index (κ2) is 6.57. The highest BCUT2D eigenvalue weighted by Crippen LogP contribution is 2.58. The summed E-state index contributed by atoms with van der Waals surface area (Å²) in [7, 11) is 0. The largest absolute Gasteiger partial charge is 0.466 e. The second-order valence-electron chi connectivity index (χ2n) is 10.3. The molecule has 1 aliphatic heterocycles. The fraction of sp³-hybridized carbons (Fsp3) is 0.565. The van der Waals surface area contributed by atoms with Crippen LogP contribution in [0.4, 0.5) is 0 Å². The number of ketones is 2. The quantitative estimate of drug-likeness (QED) is 0.635. The van der Waals surface area contributed by atoms with Gasteiger partial charge in [-0.3, -0.25) is 9.59 Å². The van der Waals surface area contributed by atoms with Crippen molar-refractivity contribution in [2.24, 2.45) is 16.7 Å². The van der Waals surface area contributed by atoms with E-state index in [4.69, 9.17) is 27.9 Å². The van der Waals surface area contributed by atoms with Crippen molar-refractivity contribution in [2.45, 2.75) is 65.1 Å². The predicted molar refractivity (Wildman–Crippen MR) is 112 cm³/mol. The molecule has 29 heavy (non-hydrogen) atoms. The zero-order valence-corrected chi connectivity index (χ0v) is 18.7. The molecule has 0 aromatic heterocycles. The summed E-state index contributed by atoms with van der Waals surface area (Å²) in [5.41, 5.74) is 0.268. The number of rotatable bonds is 1. The third kappa shape index (κ3) is 3.43. The number of hydrogen-bond acceptors (Lipinski definition) is 4. The number of halogens is 2. The highest BCUT2D eigenvalue weighted by atomic mass is 35.5. The SMILES string of the molecule is CC1(C)CC(=O)C2=C(C1)O[C@@]1(O)CC(C)(C)CC(=O)[C@H]1[C@@H]2c1c(Cl)cccc1Cl. The van der Waals surface area contributed by atoms with Gasteiger partial charge in [-0.15, -0.1) is 0 Å². The normalized spacial score (nSPS) is 33.1. The lowest BCUT2D eigenvalue weighted by Crippen LogP contribution is -2.58. The third-order valence-electron chi connectivity index (χ3n) is 6.35. The number of ether oxygens (including phenoxy) is 1. The lowest BCUT2D eigenvalue weighted by atomic mass is 9.59. The molecule has 3 atom stereocenters. The van der Waals surface area contributed by atoms with Crippen molar-refractivity contribution in [3.8, 4) is 0 Å². The Balaban J connectivity index is 1.99. The summed E-state index contributed by atoms with van der Waals surface area (Å²) in [6, 6.07) is 5.13. The fourth-order valence-electron chi connectivity index (χ4n) is 5.45. The minimum atomic E-state index is -1.70. The second-order valence-corrected chi connectivity index (χ2v) is 11.1. The number of fused-ring (bicyclic) bond motifs is 1. The van der Waals surface area contributed by atoms with Crippen molar-refractivity contribution >= 4 is 34.8 Å². The molecular weight excluding hydrogens is 411 g/mol. The van der Waals surface area contributed by atoms with E-state index in [0.717, 1.165) is 0 Å². The molecule has 1 aromatic rings. The van der Waals surface area contributed by atoms with Crippen molar-refractivity contribution in [3.63, 3.8) is 0 Å². The molecule has 0 saturated heterocycles. The summed E-state index contributed by atoms with van der Waals surface area (Å²) in [5, 5.41) is 12.4. The van der Waals surface area contributed by atoms with Gasteiger partial charge in [0.05, 0.1) is 5.92 Å². The summed E-state index contributed by atoms with van der Waals surface area (Å²) in [4.78, 5) is 26.6.